The molecule has 2 heteroatoms. The third-order valence-corrected chi connectivity index (χ3v) is 5.76. The molecule has 0 amide bonds. The minimum Gasteiger partial charge on any atom is -0.286 e. The fraction of sp³-hybridized carbons (Fsp3) is 0.667. The van der Waals surface area contributed by atoms with Crippen molar-refractivity contribution in [3.05, 3.63) is 23.8 Å². The van der Waals surface area contributed by atoms with Gasteiger partial charge in [0.2, 0.25) is 11.6 Å². The molecule has 0 spiro atoms. The van der Waals surface area contributed by atoms with E-state index in [9.17, 15) is 9.59 Å². The molecule has 2 unspecified atom stereocenters. The highest BCUT2D eigenvalue weighted by Gasteiger charge is 2.43. The SMILES string of the molecule is CC1(CC2=CC(=O)C(=O)C=C2)CCC1CC1CCCC1. The van der Waals surface area contributed by atoms with Gasteiger partial charge < -0.3 is 0 Å². The summed E-state index contributed by atoms with van der Waals surface area (Å²) < 4.78 is 0. The zero-order valence-electron chi connectivity index (χ0n) is 12.4. The van der Waals surface area contributed by atoms with Gasteiger partial charge in [0.1, 0.15) is 0 Å². The fourth-order valence-electron chi connectivity index (χ4n) is 4.25. The second-order valence-electron chi connectivity index (χ2n) is 7.23. The van der Waals surface area contributed by atoms with Crippen LogP contribution < -0.4 is 0 Å². The Hall–Kier alpha value is -1.18. The molecule has 0 heterocycles. The Morgan fingerprint density at radius 3 is 2.45 bits per heavy atom. The molecule has 2 atom stereocenters. The summed E-state index contributed by atoms with van der Waals surface area (Å²) in [6, 6.07) is 0. The fourth-order valence-corrected chi connectivity index (χ4v) is 4.25. The Morgan fingerprint density at radius 1 is 1.10 bits per heavy atom. The van der Waals surface area contributed by atoms with Crippen LogP contribution in [0, 0.1) is 17.3 Å². The van der Waals surface area contributed by atoms with Gasteiger partial charge in [-0.25, -0.2) is 0 Å². The van der Waals surface area contributed by atoms with Crippen molar-refractivity contribution in [1.29, 1.82) is 0 Å². The first-order valence-corrected chi connectivity index (χ1v) is 8.04. The van der Waals surface area contributed by atoms with Gasteiger partial charge in [0, 0.05) is 0 Å². The number of carbonyl (C=O) groups excluding carboxylic acids is 2. The Bertz CT molecular complexity index is 480. The van der Waals surface area contributed by atoms with Crippen LogP contribution in [-0.4, -0.2) is 11.6 Å². The molecule has 0 radical (unpaired) electrons. The number of hydrogen-bond donors (Lipinski definition) is 0. The lowest BCUT2D eigenvalue weighted by Gasteiger charge is -2.49. The molecule has 0 N–H and O–H groups in total. The highest BCUT2D eigenvalue weighted by atomic mass is 16.2. The smallest absolute Gasteiger partial charge is 0.225 e. The van der Waals surface area contributed by atoms with Crippen LogP contribution in [0.1, 0.15) is 58.3 Å². The van der Waals surface area contributed by atoms with Crippen LogP contribution >= 0.6 is 0 Å². The summed E-state index contributed by atoms with van der Waals surface area (Å²) in [7, 11) is 0. The monoisotopic (exact) mass is 272 g/mol. The lowest BCUT2D eigenvalue weighted by atomic mass is 9.56. The largest absolute Gasteiger partial charge is 0.286 e. The van der Waals surface area contributed by atoms with Crippen molar-refractivity contribution in [2.45, 2.75) is 58.3 Å². The topological polar surface area (TPSA) is 34.1 Å². The number of rotatable bonds is 4. The lowest BCUT2D eigenvalue weighted by molar-refractivity contribution is -0.131. The van der Waals surface area contributed by atoms with Gasteiger partial charge >= 0.3 is 0 Å². The summed E-state index contributed by atoms with van der Waals surface area (Å²) >= 11 is 0. The first-order valence-electron chi connectivity index (χ1n) is 8.04. The van der Waals surface area contributed by atoms with E-state index in [1.54, 1.807) is 6.08 Å². The van der Waals surface area contributed by atoms with Crippen LogP contribution in [0.25, 0.3) is 0 Å². The highest BCUT2D eigenvalue weighted by Crippen LogP contribution is 2.54. The number of hydrogen-bond acceptors (Lipinski definition) is 2. The van der Waals surface area contributed by atoms with Gasteiger partial charge in [0.15, 0.2) is 0 Å². The highest BCUT2D eigenvalue weighted by molar-refractivity contribution is 6.46. The predicted octanol–water partition coefficient (Wildman–Crippen LogP) is 4.01. The normalized spacial score (nSPS) is 34.2. The van der Waals surface area contributed by atoms with E-state index in [1.807, 2.05) is 6.08 Å². The quantitative estimate of drug-likeness (QED) is 0.572. The van der Waals surface area contributed by atoms with E-state index >= 15 is 0 Å². The first-order chi connectivity index (χ1) is 9.57. The molecule has 2 fully saturated rings. The van der Waals surface area contributed by atoms with Crippen molar-refractivity contribution >= 4 is 11.6 Å². The molecule has 3 aliphatic carbocycles. The van der Waals surface area contributed by atoms with Crippen molar-refractivity contribution in [1.82, 2.24) is 0 Å². The second kappa shape index (κ2) is 5.31. The zero-order valence-corrected chi connectivity index (χ0v) is 12.4. The van der Waals surface area contributed by atoms with Crippen LogP contribution in [0.2, 0.25) is 0 Å². The summed E-state index contributed by atoms with van der Waals surface area (Å²) in [4.78, 5) is 22.7. The molecular formula is C18H24O2. The molecule has 2 nitrogen and oxygen atoms in total. The minimum absolute atomic E-state index is 0.347. The molecule has 3 aliphatic rings. The van der Waals surface area contributed by atoms with Gasteiger partial charge in [0.05, 0.1) is 0 Å². The third kappa shape index (κ3) is 2.65. The zero-order chi connectivity index (χ0) is 14.2. The molecule has 0 aromatic heterocycles. The Morgan fingerprint density at radius 2 is 1.85 bits per heavy atom. The van der Waals surface area contributed by atoms with E-state index in [0.29, 0.717) is 5.41 Å². The van der Waals surface area contributed by atoms with Crippen LogP contribution in [0.3, 0.4) is 0 Å². The molecule has 0 aliphatic heterocycles. The molecule has 0 bridgehead atoms. The Kier molecular flexibility index (Phi) is 3.66. The molecule has 0 saturated heterocycles. The molecule has 108 valence electrons. The molecule has 3 rings (SSSR count). The van der Waals surface area contributed by atoms with Crippen LogP contribution in [0.4, 0.5) is 0 Å². The maximum Gasteiger partial charge on any atom is 0.225 e. The molecule has 20 heavy (non-hydrogen) atoms. The van der Waals surface area contributed by atoms with Gasteiger partial charge in [-0.1, -0.05) is 38.7 Å². The van der Waals surface area contributed by atoms with Gasteiger partial charge in [-0.2, -0.15) is 0 Å². The van der Waals surface area contributed by atoms with Crippen molar-refractivity contribution in [2.24, 2.45) is 17.3 Å². The van der Waals surface area contributed by atoms with Crippen LogP contribution in [0.15, 0.2) is 23.8 Å². The van der Waals surface area contributed by atoms with E-state index in [1.165, 1.54) is 51.0 Å². The van der Waals surface area contributed by atoms with Crippen molar-refractivity contribution in [3.8, 4) is 0 Å². The van der Waals surface area contributed by atoms with E-state index in [2.05, 4.69) is 6.92 Å². The van der Waals surface area contributed by atoms with Gasteiger partial charge in [-0.05, 0) is 60.7 Å². The Labute approximate surface area is 121 Å². The number of allylic oxidation sites excluding steroid dienone is 4. The third-order valence-electron chi connectivity index (χ3n) is 5.76. The standard InChI is InChI=1S/C18H24O2/c1-18(12-14-6-7-16(19)17(20)11-14)9-8-15(18)10-13-4-2-3-5-13/h6-7,11,13,15H,2-5,8-10,12H2,1H3. The van der Waals surface area contributed by atoms with E-state index < -0.39 is 0 Å². The van der Waals surface area contributed by atoms with Gasteiger partial charge in [-0.15, -0.1) is 0 Å². The van der Waals surface area contributed by atoms with E-state index in [4.69, 9.17) is 0 Å². The molecule has 0 aromatic carbocycles. The minimum atomic E-state index is -0.380. The van der Waals surface area contributed by atoms with Gasteiger partial charge in [0.25, 0.3) is 0 Å². The average Bonchev–Trinajstić information content (AvgIpc) is 2.92. The van der Waals surface area contributed by atoms with Crippen molar-refractivity contribution in [3.63, 3.8) is 0 Å². The molecule has 0 aromatic rings. The maximum atomic E-state index is 11.5. The first kappa shape index (κ1) is 13.8. The predicted molar refractivity (Wildman–Crippen MR) is 79.3 cm³/mol. The summed E-state index contributed by atoms with van der Waals surface area (Å²) in [6.07, 6.45) is 15.4. The summed E-state index contributed by atoms with van der Waals surface area (Å²) in [6.45, 7) is 2.37. The summed E-state index contributed by atoms with van der Waals surface area (Å²) in [5.74, 6) is 1.03. The molecule has 2 saturated carbocycles. The van der Waals surface area contributed by atoms with Gasteiger partial charge in [-0.3, -0.25) is 9.59 Å². The average molecular weight is 272 g/mol. The lowest BCUT2D eigenvalue weighted by Crippen LogP contribution is -2.39. The summed E-state index contributed by atoms with van der Waals surface area (Å²) in [5, 5.41) is 0. The second-order valence-corrected chi connectivity index (χ2v) is 7.23. The molecular weight excluding hydrogens is 248 g/mol. The van der Waals surface area contributed by atoms with Crippen LogP contribution in [-0.2, 0) is 9.59 Å². The Balaban J connectivity index is 1.61. The van der Waals surface area contributed by atoms with Crippen molar-refractivity contribution in [2.75, 3.05) is 0 Å². The van der Waals surface area contributed by atoms with E-state index in [0.717, 1.165) is 23.8 Å². The van der Waals surface area contributed by atoms with Crippen molar-refractivity contribution < 1.29 is 9.59 Å². The van der Waals surface area contributed by atoms with E-state index in [-0.39, 0.29) is 11.6 Å². The number of ketones is 2. The maximum absolute atomic E-state index is 11.5. The summed E-state index contributed by atoms with van der Waals surface area (Å²) in [5.41, 5.74) is 1.40. The number of carbonyl (C=O) groups is 2. The van der Waals surface area contributed by atoms with Crippen LogP contribution in [0.5, 0.6) is 0 Å².